The summed E-state index contributed by atoms with van der Waals surface area (Å²) in [5.74, 6) is 0.0452. The Bertz CT molecular complexity index is 1290. The summed E-state index contributed by atoms with van der Waals surface area (Å²) in [5.41, 5.74) is 5.31. The number of hydrogen-bond acceptors (Lipinski definition) is 3. The number of benzene rings is 3. The molecule has 3 aromatic carbocycles. The molecule has 5 heteroatoms. The van der Waals surface area contributed by atoms with Crippen LogP contribution in [0.2, 0.25) is 0 Å². The van der Waals surface area contributed by atoms with Gasteiger partial charge in [0.2, 0.25) is 5.78 Å². The number of hydrogen-bond donors (Lipinski definition) is 1. The van der Waals surface area contributed by atoms with Crippen molar-refractivity contribution in [3.63, 3.8) is 0 Å². The van der Waals surface area contributed by atoms with Crippen LogP contribution in [-0.4, -0.2) is 22.9 Å². The van der Waals surface area contributed by atoms with E-state index in [9.17, 15) is 9.59 Å². The molecule has 0 aliphatic heterocycles. The number of aromatic nitrogens is 1. The minimum atomic E-state index is -0.240. The van der Waals surface area contributed by atoms with E-state index in [0.29, 0.717) is 23.4 Å². The van der Waals surface area contributed by atoms with E-state index >= 15 is 0 Å². The molecule has 1 amide bonds. The summed E-state index contributed by atoms with van der Waals surface area (Å²) in [6, 6.07) is 28.9. The van der Waals surface area contributed by atoms with Crippen LogP contribution in [0.3, 0.4) is 0 Å². The smallest absolute Gasteiger partial charge is 0.255 e. The van der Waals surface area contributed by atoms with Gasteiger partial charge in [0.15, 0.2) is 6.61 Å². The number of aryl methyl sites for hydroxylation is 2. The molecule has 0 bridgehead atoms. The first-order valence-corrected chi connectivity index (χ1v) is 11.8. The topological polar surface area (TPSA) is 60.3 Å². The first-order chi connectivity index (χ1) is 17.0. The highest BCUT2D eigenvalue weighted by Gasteiger charge is 2.18. The predicted octanol–water partition coefficient (Wildman–Crippen LogP) is 5.54. The fraction of sp³-hybridized carbons (Fsp3) is 0.200. The Morgan fingerprint density at radius 3 is 2.14 bits per heavy atom. The second kappa shape index (κ2) is 11.3. The van der Waals surface area contributed by atoms with Crippen LogP contribution in [0.4, 0.5) is 0 Å². The summed E-state index contributed by atoms with van der Waals surface area (Å²) in [6.07, 6.45) is 0.896. The monoisotopic (exact) mass is 466 g/mol. The van der Waals surface area contributed by atoms with Crippen LogP contribution in [0, 0.1) is 13.8 Å². The number of nitrogens with one attached hydrogen (secondary N) is 1. The minimum Gasteiger partial charge on any atom is -0.485 e. The van der Waals surface area contributed by atoms with Gasteiger partial charge in [-0.3, -0.25) is 9.59 Å². The lowest BCUT2D eigenvalue weighted by atomic mass is 10.1. The number of nitrogens with zero attached hydrogens (tertiary/aromatic N) is 1. The molecule has 0 atom stereocenters. The Morgan fingerprint density at radius 1 is 0.800 bits per heavy atom. The van der Waals surface area contributed by atoms with Crippen molar-refractivity contribution < 1.29 is 14.3 Å². The van der Waals surface area contributed by atoms with Gasteiger partial charge in [0.05, 0.1) is 5.56 Å². The molecule has 4 aromatic rings. The second-order valence-electron chi connectivity index (χ2n) is 8.55. The van der Waals surface area contributed by atoms with Gasteiger partial charge in [-0.05, 0) is 49.6 Å². The molecular weight excluding hydrogens is 436 g/mol. The summed E-state index contributed by atoms with van der Waals surface area (Å²) in [7, 11) is 0. The van der Waals surface area contributed by atoms with Crippen molar-refractivity contribution in [2.45, 2.75) is 33.4 Å². The zero-order valence-corrected chi connectivity index (χ0v) is 20.2. The zero-order chi connectivity index (χ0) is 24.6. The maximum absolute atomic E-state index is 13.0. The predicted molar refractivity (Wildman–Crippen MR) is 138 cm³/mol. The van der Waals surface area contributed by atoms with Gasteiger partial charge in [0.25, 0.3) is 5.91 Å². The van der Waals surface area contributed by atoms with Crippen molar-refractivity contribution in [1.29, 1.82) is 0 Å². The molecule has 1 heterocycles. The van der Waals surface area contributed by atoms with E-state index in [1.165, 1.54) is 5.56 Å². The lowest BCUT2D eigenvalue weighted by Gasteiger charge is -2.12. The summed E-state index contributed by atoms with van der Waals surface area (Å²) < 4.78 is 8.01. The fourth-order valence-electron chi connectivity index (χ4n) is 4.19. The summed E-state index contributed by atoms with van der Waals surface area (Å²) in [6.45, 7) is 5.08. The number of ether oxygens (including phenoxy) is 1. The van der Waals surface area contributed by atoms with Crippen molar-refractivity contribution >= 4 is 11.7 Å². The molecule has 0 aliphatic carbocycles. The lowest BCUT2D eigenvalue weighted by Crippen LogP contribution is -2.24. The summed E-state index contributed by atoms with van der Waals surface area (Å²) in [4.78, 5) is 25.8. The highest BCUT2D eigenvalue weighted by molar-refractivity contribution is 5.99. The number of rotatable bonds is 10. The maximum Gasteiger partial charge on any atom is 0.255 e. The van der Waals surface area contributed by atoms with E-state index in [-0.39, 0.29) is 18.3 Å². The molecule has 0 unspecified atom stereocenters. The molecule has 178 valence electrons. The van der Waals surface area contributed by atoms with Crippen molar-refractivity contribution in [2.24, 2.45) is 0 Å². The van der Waals surface area contributed by atoms with Gasteiger partial charge >= 0.3 is 0 Å². The normalized spacial score (nSPS) is 10.7. The number of amides is 1. The SMILES string of the molecule is Cc1cc(C(=O)COc2ccccc2C(=O)NCc2ccccc2)c(C)n1CCc1ccccc1. The molecule has 0 aliphatic rings. The van der Waals surface area contributed by atoms with Gasteiger partial charge in [-0.1, -0.05) is 72.8 Å². The Labute approximate surface area is 206 Å². The second-order valence-corrected chi connectivity index (χ2v) is 8.55. The molecule has 1 N–H and O–H groups in total. The van der Waals surface area contributed by atoms with Crippen LogP contribution in [0.5, 0.6) is 5.75 Å². The molecule has 35 heavy (non-hydrogen) atoms. The molecular formula is C30H30N2O3. The van der Waals surface area contributed by atoms with Gasteiger partial charge in [0.1, 0.15) is 5.75 Å². The molecule has 0 radical (unpaired) electrons. The molecule has 5 nitrogen and oxygen atoms in total. The minimum absolute atomic E-state index is 0.108. The highest BCUT2D eigenvalue weighted by atomic mass is 16.5. The third-order valence-corrected chi connectivity index (χ3v) is 6.13. The largest absolute Gasteiger partial charge is 0.485 e. The fourth-order valence-corrected chi connectivity index (χ4v) is 4.19. The Morgan fingerprint density at radius 2 is 1.43 bits per heavy atom. The quantitative estimate of drug-likeness (QED) is 0.312. The van der Waals surface area contributed by atoms with E-state index in [1.807, 2.05) is 68.4 Å². The standard InChI is InChI=1S/C30H30N2O3/c1-22-19-27(23(2)32(22)18-17-24-11-5-3-6-12-24)28(33)21-35-29-16-10-9-15-26(29)30(34)31-20-25-13-7-4-8-14-25/h3-16,19H,17-18,20-21H2,1-2H3,(H,31,34). The summed E-state index contributed by atoms with van der Waals surface area (Å²) >= 11 is 0. The van der Waals surface area contributed by atoms with Crippen LogP contribution in [0.25, 0.3) is 0 Å². The van der Waals surface area contributed by atoms with E-state index in [1.54, 1.807) is 24.3 Å². The molecule has 0 fully saturated rings. The van der Waals surface area contributed by atoms with Crippen molar-refractivity contribution in [3.05, 3.63) is 125 Å². The number of carbonyl (C=O) groups excluding carboxylic acids is 2. The molecule has 0 spiro atoms. The van der Waals surface area contributed by atoms with E-state index < -0.39 is 0 Å². The highest BCUT2D eigenvalue weighted by Crippen LogP contribution is 2.21. The Kier molecular flexibility index (Phi) is 7.78. The van der Waals surface area contributed by atoms with Crippen LogP contribution in [-0.2, 0) is 19.5 Å². The Balaban J connectivity index is 1.39. The summed E-state index contributed by atoms with van der Waals surface area (Å²) in [5, 5.41) is 2.92. The Hall–Kier alpha value is -4.12. The van der Waals surface area contributed by atoms with Crippen molar-refractivity contribution in [1.82, 2.24) is 9.88 Å². The molecule has 1 aromatic heterocycles. The maximum atomic E-state index is 13.0. The van der Waals surface area contributed by atoms with Crippen molar-refractivity contribution in [2.75, 3.05) is 6.61 Å². The average Bonchev–Trinajstić information content (AvgIpc) is 3.19. The third kappa shape index (κ3) is 6.07. The van der Waals surface area contributed by atoms with E-state index in [2.05, 4.69) is 22.0 Å². The van der Waals surface area contributed by atoms with Gasteiger partial charge < -0.3 is 14.6 Å². The van der Waals surface area contributed by atoms with Gasteiger partial charge in [-0.15, -0.1) is 0 Å². The number of para-hydroxylation sites is 1. The van der Waals surface area contributed by atoms with E-state index in [4.69, 9.17) is 4.74 Å². The molecule has 4 rings (SSSR count). The average molecular weight is 467 g/mol. The molecule has 0 saturated heterocycles. The van der Waals surface area contributed by atoms with Crippen LogP contribution < -0.4 is 10.1 Å². The van der Waals surface area contributed by atoms with Crippen molar-refractivity contribution in [3.8, 4) is 5.75 Å². The zero-order valence-electron chi connectivity index (χ0n) is 20.2. The number of ketones is 1. The van der Waals surface area contributed by atoms with E-state index in [0.717, 1.165) is 29.9 Å². The van der Waals surface area contributed by atoms with Crippen LogP contribution in [0.15, 0.2) is 91.0 Å². The van der Waals surface area contributed by atoms with Gasteiger partial charge in [-0.25, -0.2) is 0 Å². The third-order valence-electron chi connectivity index (χ3n) is 6.13. The van der Waals surface area contributed by atoms with Crippen LogP contribution >= 0.6 is 0 Å². The molecule has 0 saturated carbocycles. The number of Topliss-reactive ketones (excluding diaryl/α,β-unsaturated/α-hetero) is 1. The first-order valence-electron chi connectivity index (χ1n) is 11.8. The van der Waals surface area contributed by atoms with Crippen LogP contribution in [0.1, 0.15) is 43.2 Å². The lowest BCUT2D eigenvalue weighted by molar-refractivity contribution is 0.0902. The van der Waals surface area contributed by atoms with Gasteiger partial charge in [-0.2, -0.15) is 0 Å². The first kappa shape index (κ1) is 24.0. The number of carbonyl (C=O) groups is 2. The van der Waals surface area contributed by atoms with Gasteiger partial charge in [0, 0.05) is 30.0 Å².